The number of nitrogens with zero attached hydrogens (tertiary/aromatic N) is 9. The quantitative estimate of drug-likeness (QED) is 0.233. The number of hydrogen-bond donors (Lipinski definition) is 1. The van der Waals surface area contributed by atoms with Crippen molar-refractivity contribution in [2.24, 2.45) is 17.9 Å². The van der Waals surface area contributed by atoms with Gasteiger partial charge in [0.05, 0.1) is 12.8 Å². The Labute approximate surface area is 224 Å². The Kier molecular flexibility index (Phi) is 6.81. The van der Waals surface area contributed by atoms with E-state index in [1.807, 2.05) is 12.1 Å². The second-order valence-corrected chi connectivity index (χ2v) is 9.51. The summed E-state index contributed by atoms with van der Waals surface area (Å²) < 4.78 is 21.0. The summed E-state index contributed by atoms with van der Waals surface area (Å²) in [6.45, 7) is 6.16. The van der Waals surface area contributed by atoms with E-state index in [2.05, 4.69) is 32.1 Å². The highest BCUT2D eigenvalue weighted by Crippen LogP contribution is 2.27. The largest absolute Gasteiger partial charge is 0.491 e. The smallest absolute Gasteiger partial charge is 0.345 e. The molecule has 0 radical (unpaired) electrons. The highest BCUT2D eigenvalue weighted by Gasteiger charge is 2.31. The van der Waals surface area contributed by atoms with Crippen molar-refractivity contribution < 1.29 is 14.0 Å². The van der Waals surface area contributed by atoms with Gasteiger partial charge in [-0.1, -0.05) is 5.16 Å². The zero-order valence-corrected chi connectivity index (χ0v) is 22.1. The van der Waals surface area contributed by atoms with Crippen LogP contribution in [0.2, 0.25) is 0 Å². The van der Waals surface area contributed by atoms with Gasteiger partial charge in [0.15, 0.2) is 11.6 Å². The third kappa shape index (κ3) is 4.66. The summed E-state index contributed by atoms with van der Waals surface area (Å²) in [5.74, 6) is 8.59. The van der Waals surface area contributed by atoms with Crippen LogP contribution in [-0.2, 0) is 18.3 Å². The van der Waals surface area contributed by atoms with Gasteiger partial charge < -0.3 is 18.9 Å². The zero-order valence-electron chi connectivity index (χ0n) is 22.1. The molecule has 4 aromatic rings. The van der Waals surface area contributed by atoms with Gasteiger partial charge in [0, 0.05) is 65.2 Å². The molecular weight excluding hydrogens is 504 g/mol. The monoisotopic (exact) mass is 536 g/mol. The highest BCUT2D eigenvalue weighted by molar-refractivity contribution is 6.14. The van der Waals surface area contributed by atoms with Crippen LogP contribution in [0.1, 0.15) is 11.5 Å². The van der Waals surface area contributed by atoms with Crippen molar-refractivity contribution >= 4 is 23.0 Å². The minimum Gasteiger partial charge on any atom is -0.491 e. The minimum atomic E-state index is -0.155. The van der Waals surface area contributed by atoms with Crippen molar-refractivity contribution in [2.75, 3.05) is 69.6 Å². The van der Waals surface area contributed by atoms with Crippen molar-refractivity contribution in [3.8, 4) is 5.75 Å². The number of piperazine rings is 1. The third-order valence-corrected chi connectivity index (χ3v) is 7.19. The molecule has 0 unspecified atom stereocenters. The van der Waals surface area contributed by atoms with Gasteiger partial charge in [0.1, 0.15) is 30.4 Å². The van der Waals surface area contributed by atoms with Gasteiger partial charge in [0.2, 0.25) is 5.78 Å². The first-order chi connectivity index (χ1) is 19.0. The fraction of sp³-hybridized carbons (Fsp3) is 0.440. The van der Waals surface area contributed by atoms with E-state index in [9.17, 15) is 4.79 Å². The molecule has 206 valence electrons. The molecule has 3 aromatic heterocycles. The van der Waals surface area contributed by atoms with Crippen LogP contribution in [0.3, 0.4) is 0 Å². The molecule has 0 atom stereocenters. The van der Waals surface area contributed by atoms with Crippen LogP contribution in [0.4, 0.5) is 11.5 Å². The molecule has 6 rings (SSSR count). The third-order valence-electron chi connectivity index (χ3n) is 7.19. The van der Waals surface area contributed by atoms with Crippen molar-refractivity contribution in [3.63, 3.8) is 0 Å². The van der Waals surface area contributed by atoms with Crippen molar-refractivity contribution in [3.05, 3.63) is 58.5 Å². The lowest BCUT2D eigenvalue weighted by molar-refractivity contribution is 0.146. The second kappa shape index (κ2) is 10.6. The Morgan fingerprint density at radius 3 is 2.56 bits per heavy atom. The molecule has 1 aromatic carbocycles. The topological polar surface area (TPSA) is 137 Å². The first-order valence-electron chi connectivity index (χ1n) is 12.9. The number of nitrogens with two attached hydrogens (primary N) is 1. The summed E-state index contributed by atoms with van der Waals surface area (Å²) in [4.78, 5) is 27.3. The summed E-state index contributed by atoms with van der Waals surface area (Å²) in [6.07, 6.45) is 1.56. The van der Waals surface area contributed by atoms with Crippen LogP contribution >= 0.6 is 0 Å². The van der Waals surface area contributed by atoms with Gasteiger partial charge in [-0.2, -0.15) is 4.98 Å². The predicted molar refractivity (Wildman–Crippen MR) is 145 cm³/mol. The van der Waals surface area contributed by atoms with Crippen molar-refractivity contribution in [1.82, 2.24) is 28.8 Å². The Hall–Kier alpha value is -4.14. The maximum Gasteiger partial charge on any atom is 0.345 e. The molecular formula is C25H32N10O4. The van der Waals surface area contributed by atoms with E-state index in [1.54, 1.807) is 35.5 Å². The molecule has 14 nitrogen and oxygen atoms in total. The van der Waals surface area contributed by atoms with Gasteiger partial charge >= 0.3 is 5.69 Å². The molecule has 0 spiro atoms. The van der Waals surface area contributed by atoms with E-state index in [0.29, 0.717) is 48.5 Å². The molecule has 2 aliphatic rings. The fourth-order valence-corrected chi connectivity index (χ4v) is 5.08. The number of methoxy groups -OCH3 is 1. The normalized spacial score (nSPS) is 16.1. The standard InChI is InChI=1S/C25H32N10O4/c1-30-25(36)33(24-29-23-22(35(24)30)21(27-17-34(23)26)20-7-8-28-39-20)14-11-31-9-12-32(13-10-31)18-3-5-19(6-4-18)38-16-15-37-2/h3-8H,9-17,26H2,1-2H3. The molecule has 39 heavy (non-hydrogen) atoms. The van der Waals surface area contributed by atoms with Gasteiger partial charge in [0.25, 0.3) is 0 Å². The number of aromatic nitrogens is 5. The Morgan fingerprint density at radius 2 is 1.85 bits per heavy atom. The number of anilines is 2. The molecule has 2 N–H and O–H groups in total. The number of hydrogen-bond acceptors (Lipinski definition) is 11. The average Bonchev–Trinajstić information content (AvgIpc) is 3.68. The molecule has 1 fully saturated rings. The van der Waals surface area contributed by atoms with Gasteiger partial charge in [-0.15, -0.1) is 0 Å². The van der Waals surface area contributed by atoms with Crippen LogP contribution in [0, 0.1) is 0 Å². The Morgan fingerprint density at radius 1 is 1.05 bits per heavy atom. The van der Waals surface area contributed by atoms with Crippen LogP contribution in [-0.4, -0.2) is 94.2 Å². The van der Waals surface area contributed by atoms with E-state index in [4.69, 9.17) is 24.8 Å². The maximum atomic E-state index is 13.2. The first kappa shape index (κ1) is 25.2. The molecule has 5 heterocycles. The first-order valence-corrected chi connectivity index (χ1v) is 12.9. The van der Waals surface area contributed by atoms with Crippen LogP contribution in [0.5, 0.6) is 5.75 Å². The summed E-state index contributed by atoms with van der Waals surface area (Å²) in [5.41, 5.74) is 2.19. The van der Waals surface area contributed by atoms with Gasteiger partial charge in [-0.05, 0) is 24.3 Å². The SMILES string of the molecule is COCCOc1ccc(N2CCN(CCn3c(=O)n(C)n4c5c(nc34)N(N)CN=C5c3ccno3)CC2)cc1. The lowest BCUT2D eigenvalue weighted by Crippen LogP contribution is -2.47. The summed E-state index contributed by atoms with van der Waals surface area (Å²) in [6, 6.07) is 9.91. The summed E-state index contributed by atoms with van der Waals surface area (Å²) in [5, 5.41) is 5.27. The van der Waals surface area contributed by atoms with Crippen molar-refractivity contribution in [2.45, 2.75) is 6.54 Å². The van der Waals surface area contributed by atoms with Crippen LogP contribution < -0.4 is 26.2 Å². The number of aryl methyl sites for hydroxylation is 1. The Bertz CT molecular complexity index is 1510. The number of fused-ring (bicyclic) bond motifs is 3. The fourth-order valence-electron chi connectivity index (χ4n) is 5.08. The summed E-state index contributed by atoms with van der Waals surface area (Å²) >= 11 is 0. The predicted octanol–water partition coefficient (Wildman–Crippen LogP) is 0.159. The Balaban J connectivity index is 1.14. The van der Waals surface area contributed by atoms with E-state index >= 15 is 0 Å². The molecule has 0 aliphatic carbocycles. The number of benzene rings is 1. The molecule has 14 heteroatoms. The number of aliphatic imine (C=N–C) groups is 1. The number of imidazole rings is 1. The van der Waals surface area contributed by atoms with Crippen LogP contribution in [0.25, 0.3) is 5.78 Å². The number of rotatable bonds is 9. The molecule has 0 amide bonds. The molecule has 0 saturated carbocycles. The van der Waals surface area contributed by atoms with Gasteiger partial charge in [-0.25, -0.2) is 19.8 Å². The highest BCUT2D eigenvalue weighted by atomic mass is 16.5. The minimum absolute atomic E-state index is 0.155. The van der Waals surface area contributed by atoms with E-state index in [-0.39, 0.29) is 12.4 Å². The van der Waals surface area contributed by atoms with E-state index in [0.717, 1.165) is 38.5 Å². The molecule has 0 bridgehead atoms. The van der Waals surface area contributed by atoms with Gasteiger partial charge in [-0.3, -0.25) is 19.5 Å². The van der Waals surface area contributed by atoms with E-state index in [1.165, 1.54) is 15.4 Å². The van der Waals surface area contributed by atoms with E-state index < -0.39 is 0 Å². The molecule has 2 aliphatic heterocycles. The maximum absolute atomic E-state index is 13.2. The lowest BCUT2D eigenvalue weighted by Gasteiger charge is -2.36. The second-order valence-electron chi connectivity index (χ2n) is 9.51. The summed E-state index contributed by atoms with van der Waals surface area (Å²) in [7, 11) is 3.38. The number of hydrazine groups is 1. The van der Waals surface area contributed by atoms with Crippen LogP contribution in [0.15, 0.2) is 50.8 Å². The average molecular weight is 537 g/mol. The van der Waals surface area contributed by atoms with Crippen molar-refractivity contribution in [1.29, 1.82) is 0 Å². The zero-order chi connectivity index (χ0) is 26.9. The number of ether oxygens (including phenoxy) is 2. The lowest BCUT2D eigenvalue weighted by atomic mass is 10.2. The molecule has 1 saturated heterocycles.